The van der Waals surface area contributed by atoms with E-state index in [2.05, 4.69) is 0 Å². The van der Waals surface area contributed by atoms with Crippen LogP contribution in [0.15, 0.2) is 97.1 Å². The van der Waals surface area contributed by atoms with Gasteiger partial charge < -0.3 is 4.74 Å². The van der Waals surface area contributed by atoms with Crippen molar-refractivity contribution in [3.63, 3.8) is 0 Å². The summed E-state index contributed by atoms with van der Waals surface area (Å²) in [6, 6.07) is 25.7. The Morgan fingerprint density at radius 2 is 1.33 bits per heavy atom. The van der Waals surface area contributed by atoms with Crippen molar-refractivity contribution < 1.29 is 13.9 Å². The lowest BCUT2D eigenvalue weighted by atomic mass is 9.78. The highest BCUT2D eigenvalue weighted by molar-refractivity contribution is 6.09. The Bertz CT molecular complexity index is 1010. The van der Waals surface area contributed by atoms with Crippen LogP contribution in [0.4, 0.5) is 10.1 Å². The minimum absolute atomic E-state index is 0.167. The molecular weight excluding hydrogens is 377 g/mol. The van der Waals surface area contributed by atoms with E-state index in [1.807, 2.05) is 85.0 Å². The molecule has 1 aliphatic heterocycles. The average Bonchev–Trinajstić information content (AvgIpc) is 2.78. The SMILES string of the molecule is CO[C@H]1C(=O)N(c2ccc(F)cc2)C1(/C=C/c1ccccc1)/C=C/c1ccccc1. The van der Waals surface area contributed by atoms with Crippen molar-refractivity contribution in [2.24, 2.45) is 0 Å². The van der Waals surface area contributed by atoms with Gasteiger partial charge in [-0.25, -0.2) is 4.39 Å². The Hall–Kier alpha value is -3.50. The maximum absolute atomic E-state index is 13.5. The fourth-order valence-electron chi connectivity index (χ4n) is 3.75. The number of rotatable bonds is 6. The molecule has 0 aliphatic carbocycles. The zero-order valence-electron chi connectivity index (χ0n) is 16.6. The van der Waals surface area contributed by atoms with Crippen LogP contribution in [0, 0.1) is 5.82 Å². The van der Waals surface area contributed by atoms with Crippen molar-refractivity contribution in [1.29, 1.82) is 0 Å². The first-order chi connectivity index (χ1) is 14.6. The van der Waals surface area contributed by atoms with Crippen LogP contribution >= 0.6 is 0 Å². The second-order valence-electron chi connectivity index (χ2n) is 7.14. The third kappa shape index (κ3) is 3.70. The molecule has 0 bridgehead atoms. The van der Waals surface area contributed by atoms with Crippen molar-refractivity contribution in [1.82, 2.24) is 0 Å². The van der Waals surface area contributed by atoms with Crippen molar-refractivity contribution in [2.75, 3.05) is 12.0 Å². The summed E-state index contributed by atoms with van der Waals surface area (Å²) in [5, 5.41) is 0. The summed E-state index contributed by atoms with van der Waals surface area (Å²) < 4.78 is 19.1. The molecule has 0 spiro atoms. The molecule has 1 amide bonds. The Balaban J connectivity index is 1.80. The number of ether oxygens (including phenoxy) is 1. The standard InChI is InChI=1S/C26H22FNO2/c1-30-24-25(29)28(23-14-12-22(27)13-15-23)26(24,18-16-20-8-4-2-5-9-20)19-17-21-10-6-3-7-11-21/h2-19,24H,1H3/b18-16+,19-17+/t24-/m0/s1. The van der Waals surface area contributed by atoms with Gasteiger partial charge in [0, 0.05) is 12.8 Å². The van der Waals surface area contributed by atoms with Gasteiger partial charge in [0.2, 0.25) is 0 Å². The van der Waals surface area contributed by atoms with E-state index in [1.165, 1.54) is 19.2 Å². The van der Waals surface area contributed by atoms with Gasteiger partial charge in [0.05, 0.1) is 0 Å². The number of β-lactam (4-membered cyclic amide) rings is 1. The third-order valence-electron chi connectivity index (χ3n) is 5.26. The second-order valence-corrected chi connectivity index (χ2v) is 7.14. The summed E-state index contributed by atoms with van der Waals surface area (Å²) >= 11 is 0. The van der Waals surface area contributed by atoms with Crippen LogP contribution in [0.2, 0.25) is 0 Å². The molecule has 0 radical (unpaired) electrons. The zero-order chi connectivity index (χ0) is 21.0. The molecule has 1 saturated heterocycles. The van der Waals surface area contributed by atoms with E-state index in [-0.39, 0.29) is 11.7 Å². The molecular formula is C26H22FNO2. The predicted molar refractivity (Wildman–Crippen MR) is 118 cm³/mol. The molecule has 1 atom stereocenters. The van der Waals surface area contributed by atoms with E-state index in [0.29, 0.717) is 5.69 Å². The highest BCUT2D eigenvalue weighted by Crippen LogP contribution is 2.42. The minimum Gasteiger partial charge on any atom is -0.368 e. The molecule has 4 rings (SSSR count). The van der Waals surface area contributed by atoms with E-state index in [0.717, 1.165) is 11.1 Å². The van der Waals surface area contributed by atoms with Crippen molar-refractivity contribution >= 4 is 23.7 Å². The maximum atomic E-state index is 13.5. The number of halogens is 1. The highest BCUT2D eigenvalue weighted by Gasteiger charge is 2.58. The Kier molecular flexibility index (Phi) is 5.59. The van der Waals surface area contributed by atoms with Crippen LogP contribution in [-0.2, 0) is 9.53 Å². The summed E-state index contributed by atoms with van der Waals surface area (Å²) in [6.45, 7) is 0. The number of hydrogen-bond acceptors (Lipinski definition) is 2. The van der Waals surface area contributed by atoms with Crippen LogP contribution in [0.5, 0.6) is 0 Å². The monoisotopic (exact) mass is 399 g/mol. The molecule has 0 N–H and O–H groups in total. The Morgan fingerprint density at radius 1 is 0.833 bits per heavy atom. The Labute approximate surface area is 175 Å². The van der Waals surface area contributed by atoms with E-state index in [4.69, 9.17) is 4.74 Å². The summed E-state index contributed by atoms with van der Waals surface area (Å²) in [6.07, 6.45) is 7.22. The number of methoxy groups -OCH3 is 1. The van der Waals surface area contributed by atoms with E-state index in [1.54, 1.807) is 17.0 Å². The molecule has 3 aromatic carbocycles. The molecule has 3 aromatic rings. The van der Waals surface area contributed by atoms with Gasteiger partial charge in [-0.15, -0.1) is 0 Å². The number of anilines is 1. The van der Waals surface area contributed by atoms with Crippen LogP contribution < -0.4 is 4.90 Å². The van der Waals surface area contributed by atoms with Gasteiger partial charge in [-0.05, 0) is 35.4 Å². The zero-order valence-corrected chi connectivity index (χ0v) is 16.6. The molecule has 4 heteroatoms. The van der Waals surface area contributed by atoms with Gasteiger partial charge >= 0.3 is 0 Å². The van der Waals surface area contributed by atoms with Gasteiger partial charge in [0.1, 0.15) is 11.4 Å². The lowest BCUT2D eigenvalue weighted by Crippen LogP contribution is -2.73. The van der Waals surface area contributed by atoms with Crippen molar-refractivity contribution in [2.45, 2.75) is 11.6 Å². The number of benzene rings is 3. The number of carbonyl (C=O) groups is 1. The molecule has 3 nitrogen and oxygen atoms in total. The molecule has 1 fully saturated rings. The molecule has 1 heterocycles. The number of carbonyl (C=O) groups excluding carboxylic acids is 1. The quantitative estimate of drug-likeness (QED) is 0.523. The highest BCUT2D eigenvalue weighted by atomic mass is 19.1. The van der Waals surface area contributed by atoms with Crippen LogP contribution in [0.3, 0.4) is 0 Å². The van der Waals surface area contributed by atoms with E-state index in [9.17, 15) is 9.18 Å². The second kappa shape index (κ2) is 8.47. The number of hydrogen-bond donors (Lipinski definition) is 0. The van der Waals surface area contributed by atoms with Gasteiger partial charge in [0.25, 0.3) is 5.91 Å². The van der Waals surface area contributed by atoms with Crippen LogP contribution in [0.25, 0.3) is 12.2 Å². The van der Waals surface area contributed by atoms with Crippen LogP contribution in [0.1, 0.15) is 11.1 Å². The van der Waals surface area contributed by atoms with Gasteiger partial charge in [-0.1, -0.05) is 85.0 Å². The minimum atomic E-state index is -0.838. The Morgan fingerprint density at radius 3 is 1.80 bits per heavy atom. The first kappa shape index (κ1) is 19.8. The molecule has 0 saturated carbocycles. The topological polar surface area (TPSA) is 29.5 Å². The van der Waals surface area contributed by atoms with Gasteiger partial charge in [0.15, 0.2) is 6.10 Å². The fraction of sp³-hybridized carbons (Fsp3) is 0.115. The number of nitrogens with zero attached hydrogens (tertiary/aromatic N) is 1. The summed E-state index contributed by atoms with van der Waals surface area (Å²) in [5.41, 5.74) is 1.80. The first-order valence-corrected chi connectivity index (χ1v) is 9.75. The summed E-state index contributed by atoms with van der Waals surface area (Å²) in [4.78, 5) is 14.6. The van der Waals surface area contributed by atoms with Gasteiger partial charge in [-0.2, -0.15) is 0 Å². The summed E-state index contributed by atoms with van der Waals surface area (Å²) in [7, 11) is 1.53. The van der Waals surface area contributed by atoms with Gasteiger partial charge in [-0.3, -0.25) is 9.69 Å². The van der Waals surface area contributed by atoms with Crippen molar-refractivity contribution in [3.05, 3.63) is 114 Å². The third-order valence-corrected chi connectivity index (χ3v) is 5.26. The summed E-state index contributed by atoms with van der Waals surface area (Å²) in [5.74, 6) is -0.514. The molecule has 150 valence electrons. The lowest BCUT2D eigenvalue weighted by molar-refractivity contribution is -0.141. The molecule has 30 heavy (non-hydrogen) atoms. The average molecular weight is 399 g/mol. The van der Waals surface area contributed by atoms with Crippen molar-refractivity contribution in [3.8, 4) is 0 Å². The normalized spacial score (nSPS) is 18.1. The predicted octanol–water partition coefficient (Wildman–Crippen LogP) is 5.35. The molecule has 0 unspecified atom stereocenters. The maximum Gasteiger partial charge on any atom is 0.260 e. The molecule has 0 aromatic heterocycles. The molecule has 1 aliphatic rings. The largest absolute Gasteiger partial charge is 0.368 e. The lowest BCUT2D eigenvalue weighted by Gasteiger charge is -2.53. The van der Waals surface area contributed by atoms with Crippen LogP contribution in [-0.4, -0.2) is 24.7 Å². The first-order valence-electron chi connectivity index (χ1n) is 9.75. The number of amides is 1. The van der Waals surface area contributed by atoms with E-state index < -0.39 is 11.6 Å². The fourth-order valence-corrected chi connectivity index (χ4v) is 3.75. The van der Waals surface area contributed by atoms with E-state index >= 15 is 0 Å². The smallest absolute Gasteiger partial charge is 0.260 e.